The Balaban J connectivity index is 0.00000240. The molecule has 1 aromatic heterocycles. The van der Waals surface area contributed by atoms with E-state index in [9.17, 15) is 14.7 Å². The molecule has 0 spiro atoms. The van der Waals surface area contributed by atoms with Crippen LogP contribution in [0.2, 0.25) is 0 Å². The first-order valence-electron chi connectivity index (χ1n) is 9.53. The van der Waals surface area contributed by atoms with Crippen molar-refractivity contribution in [1.29, 1.82) is 0 Å². The van der Waals surface area contributed by atoms with Crippen LogP contribution in [0.15, 0.2) is 16.9 Å². The van der Waals surface area contributed by atoms with Gasteiger partial charge in [0.2, 0.25) is 0 Å². The molecule has 2 aliphatic rings. The molecular weight excluding hydrogens is 401 g/mol. The van der Waals surface area contributed by atoms with Crippen molar-refractivity contribution in [2.24, 2.45) is 11.7 Å². The predicted molar refractivity (Wildman–Crippen MR) is 111 cm³/mol. The third-order valence-electron chi connectivity index (χ3n) is 5.83. The van der Waals surface area contributed by atoms with E-state index in [-0.39, 0.29) is 41.7 Å². The summed E-state index contributed by atoms with van der Waals surface area (Å²) in [5.41, 5.74) is 5.86. The minimum atomic E-state index is -1.32. The van der Waals surface area contributed by atoms with Crippen LogP contribution in [0.1, 0.15) is 42.6 Å². The Morgan fingerprint density at radius 3 is 2.55 bits per heavy atom. The number of nitrogens with two attached hydrogens (primary N) is 1. The minimum absolute atomic E-state index is 0. The highest BCUT2D eigenvalue weighted by molar-refractivity contribution is 5.97. The predicted octanol–water partition coefficient (Wildman–Crippen LogP) is 2.78. The van der Waals surface area contributed by atoms with Crippen LogP contribution in [0.4, 0.5) is 10.1 Å². The molecule has 0 bridgehead atoms. The molecule has 1 saturated carbocycles. The number of carbonyl (C=O) groups is 1. The number of anilines is 1. The molecule has 9 heteroatoms. The van der Waals surface area contributed by atoms with Crippen LogP contribution in [0.25, 0.3) is 10.9 Å². The number of methoxy groups -OCH3 is 1. The maximum atomic E-state index is 15.1. The number of carboxylic acid groups (broad SMARTS) is 1. The van der Waals surface area contributed by atoms with E-state index in [1.165, 1.54) is 23.8 Å². The first kappa shape index (κ1) is 21.4. The second kappa shape index (κ2) is 7.84. The Kier molecular flexibility index (Phi) is 5.78. The first-order valence-corrected chi connectivity index (χ1v) is 9.53. The molecule has 0 radical (unpaired) electrons. The van der Waals surface area contributed by atoms with E-state index in [4.69, 9.17) is 10.5 Å². The Morgan fingerprint density at radius 1 is 1.34 bits per heavy atom. The van der Waals surface area contributed by atoms with Crippen molar-refractivity contribution in [2.75, 3.05) is 25.1 Å². The number of nitrogens with zero attached hydrogens (tertiary/aromatic N) is 2. The molecule has 1 unspecified atom stereocenters. The number of fused-ring (bicyclic) bond motifs is 1. The molecule has 0 amide bonds. The number of aromatic carboxylic acids is 1. The average molecular weight is 426 g/mol. The van der Waals surface area contributed by atoms with Gasteiger partial charge in [0.25, 0.3) is 5.56 Å². The molecule has 2 fully saturated rings. The van der Waals surface area contributed by atoms with E-state index < -0.39 is 17.3 Å². The molecule has 2 atom stereocenters. The zero-order valence-corrected chi connectivity index (χ0v) is 17.2. The SMILES string of the molecule is COc1c(N2CCC([C@H](C)N)C2)c(F)cc2cc(C(=O)O)c(=O)n(C3CC3)c12.Cl. The van der Waals surface area contributed by atoms with Gasteiger partial charge in [-0.05, 0) is 44.2 Å². The summed E-state index contributed by atoms with van der Waals surface area (Å²) in [7, 11) is 1.45. The van der Waals surface area contributed by atoms with Gasteiger partial charge in [-0.1, -0.05) is 0 Å². The van der Waals surface area contributed by atoms with Crippen molar-refractivity contribution in [3.05, 3.63) is 33.9 Å². The first-order chi connectivity index (χ1) is 13.3. The largest absolute Gasteiger partial charge is 0.492 e. The topological polar surface area (TPSA) is 97.8 Å². The van der Waals surface area contributed by atoms with Crippen LogP contribution < -0.4 is 20.9 Å². The molecule has 3 N–H and O–H groups in total. The van der Waals surface area contributed by atoms with Crippen LogP contribution in [-0.4, -0.2) is 41.9 Å². The van der Waals surface area contributed by atoms with Crippen molar-refractivity contribution < 1.29 is 19.0 Å². The summed E-state index contributed by atoms with van der Waals surface area (Å²) in [6, 6.07) is 2.46. The molecule has 7 nitrogen and oxygen atoms in total. The Hall–Kier alpha value is -2.32. The van der Waals surface area contributed by atoms with Gasteiger partial charge in [-0.15, -0.1) is 12.4 Å². The quantitative estimate of drug-likeness (QED) is 0.764. The number of rotatable bonds is 5. The second-order valence-corrected chi connectivity index (χ2v) is 7.80. The molecule has 29 heavy (non-hydrogen) atoms. The number of carboxylic acids is 1. The molecule has 2 heterocycles. The smallest absolute Gasteiger partial charge is 0.341 e. The van der Waals surface area contributed by atoms with E-state index in [0.717, 1.165) is 19.3 Å². The van der Waals surface area contributed by atoms with E-state index in [2.05, 4.69) is 0 Å². The van der Waals surface area contributed by atoms with Crippen LogP contribution in [0.3, 0.4) is 0 Å². The van der Waals surface area contributed by atoms with Gasteiger partial charge < -0.3 is 25.0 Å². The van der Waals surface area contributed by atoms with Crippen LogP contribution in [0, 0.1) is 11.7 Å². The molecule has 4 rings (SSSR count). The maximum Gasteiger partial charge on any atom is 0.341 e. The molecule has 1 aliphatic carbocycles. The molecule has 1 saturated heterocycles. The number of hydrogen-bond donors (Lipinski definition) is 2. The molecule has 2 aromatic rings. The fourth-order valence-corrected chi connectivity index (χ4v) is 4.17. The number of benzene rings is 1. The fourth-order valence-electron chi connectivity index (χ4n) is 4.17. The molecular formula is C20H25ClFN3O4. The average Bonchev–Trinajstić information content (AvgIpc) is 3.35. The summed E-state index contributed by atoms with van der Waals surface area (Å²) >= 11 is 0. The lowest BCUT2D eigenvalue weighted by molar-refractivity contribution is 0.0694. The number of ether oxygens (including phenoxy) is 1. The summed E-state index contributed by atoms with van der Waals surface area (Å²) < 4.78 is 22.2. The van der Waals surface area contributed by atoms with Gasteiger partial charge in [0.15, 0.2) is 11.6 Å². The summed E-state index contributed by atoms with van der Waals surface area (Å²) in [4.78, 5) is 26.3. The zero-order valence-electron chi connectivity index (χ0n) is 16.4. The number of pyridine rings is 1. The number of halogens is 2. The van der Waals surface area contributed by atoms with Crippen LogP contribution >= 0.6 is 12.4 Å². The highest BCUT2D eigenvalue weighted by Crippen LogP contribution is 2.44. The summed E-state index contributed by atoms with van der Waals surface area (Å²) in [5.74, 6) is -1.28. The van der Waals surface area contributed by atoms with Crippen LogP contribution in [0.5, 0.6) is 5.75 Å². The standard InChI is InChI=1S/C20H24FN3O4.ClH/c1-10(22)11-5-6-23(9-11)17-15(21)8-12-7-14(20(26)27)19(25)24(13-3-4-13)16(12)18(17)28-2;/h7-8,10-11,13H,3-6,9,22H2,1-2H3,(H,26,27);1H/t10-,11?;/m0./s1. The summed E-state index contributed by atoms with van der Waals surface area (Å²) in [5, 5.41) is 9.75. The van der Waals surface area contributed by atoms with Crippen molar-refractivity contribution in [1.82, 2.24) is 4.57 Å². The number of aromatic nitrogens is 1. The Bertz CT molecular complexity index is 1020. The van der Waals surface area contributed by atoms with Gasteiger partial charge in [0.05, 0.1) is 12.6 Å². The lowest BCUT2D eigenvalue weighted by Crippen LogP contribution is -2.30. The van der Waals surface area contributed by atoms with Crippen molar-refractivity contribution in [3.8, 4) is 5.75 Å². The van der Waals surface area contributed by atoms with E-state index >= 15 is 4.39 Å². The van der Waals surface area contributed by atoms with Gasteiger partial charge in [0.1, 0.15) is 11.3 Å². The lowest BCUT2D eigenvalue weighted by Gasteiger charge is -2.25. The van der Waals surface area contributed by atoms with Gasteiger partial charge in [-0.25, -0.2) is 9.18 Å². The minimum Gasteiger partial charge on any atom is -0.492 e. The lowest BCUT2D eigenvalue weighted by atomic mass is 10.0. The van der Waals surface area contributed by atoms with Crippen LogP contribution in [-0.2, 0) is 0 Å². The third kappa shape index (κ3) is 3.55. The van der Waals surface area contributed by atoms with Crippen molar-refractivity contribution in [2.45, 2.75) is 38.3 Å². The van der Waals surface area contributed by atoms with E-state index in [1.54, 1.807) is 0 Å². The van der Waals surface area contributed by atoms with Crippen molar-refractivity contribution in [3.63, 3.8) is 0 Å². The van der Waals surface area contributed by atoms with Gasteiger partial charge in [-0.2, -0.15) is 0 Å². The summed E-state index contributed by atoms with van der Waals surface area (Å²) in [6.45, 7) is 3.20. The third-order valence-corrected chi connectivity index (χ3v) is 5.83. The van der Waals surface area contributed by atoms with Gasteiger partial charge >= 0.3 is 5.97 Å². The Labute approximate surface area is 173 Å². The van der Waals surface area contributed by atoms with E-state index in [0.29, 0.717) is 29.7 Å². The normalized spacial score (nSPS) is 19.9. The highest BCUT2D eigenvalue weighted by Gasteiger charge is 2.34. The number of hydrogen-bond acceptors (Lipinski definition) is 5. The highest BCUT2D eigenvalue weighted by atomic mass is 35.5. The fraction of sp³-hybridized carbons (Fsp3) is 0.500. The molecule has 158 valence electrons. The molecule has 1 aromatic carbocycles. The van der Waals surface area contributed by atoms with Gasteiger partial charge in [-0.3, -0.25) is 4.79 Å². The second-order valence-electron chi connectivity index (χ2n) is 7.80. The van der Waals surface area contributed by atoms with Gasteiger partial charge in [0, 0.05) is 30.6 Å². The zero-order chi connectivity index (χ0) is 20.2. The van der Waals surface area contributed by atoms with E-state index in [1.807, 2.05) is 11.8 Å². The Morgan fingerprint density at radius 2 is 2.03 bits per heavy atom. The maximum absolute atomic E-state index is 15.1. The van der Waals surface area contributed by atoms with Crippen molar-refractivity contribution >= 4 is 35.0 Å². The molecule has 1 aliphatic heterocycles. The monoisotopic (exact) mass is 425 g/mol. The summed E-state index contributed by atoms with van der Waals surface area (Å²) in [6.07, 6.45) is 2.42.